The number of rotatable bonds is 3. The predicted molar refractivity (Wildman–Crippen MR) is 106 cm³/mol. The largest absolute Gasteiger partial charge is 1.00 e. The van der Waals surface area contributed by atoms with Crippen LogP contribution in [0, 0.1) is 0 Å². The summed E-state index contributed by atoms with van der Waals surface area (Å²) in [5.74, 6) is -0.157. The van der Waals surface area contributed by atoms with Gasteiger partial charge in [0.2, 0.25) is 5.95 Å². The zero-order valence-corrected chi connectivity index (χ0v) is 20.8. The van der Waals surface area contributed by atoms with Crippen molar-refractivity contribution in [2.24, 2.45) is 0 Å². The van der Waals surface area contributed by atoms with Gasteiger partial charge in [0.25, 0.3) is 13.4 Å². The molecule has 2 saturated heterocycles. The Balaban J connectivity index is 0.00000245. The number of phosphoric acid groups is 1. The van der Waals surface area contributed by atoms with Crippen LogP contribution in [0.1, 0.15) is 6.23 Å². The number of fused-ring (bicyclic) bond motifs is 2. The Kier molecular flexibility index (Phi) is 6.80. The number of H-pyrrole nitrogens is 1. The van der Waals surface area contributed by atoms with E-state index in [1.807, 2.05) is 0 Å². The first-order chi connectivity index (χ1) is 14.7. The van der Waals surface area contributed by atoms with E-state index in [-0.39, 0.29) is 58.4 Å². The van der Waals surface area contributed by atoms with Gasteiger partial charge in [-0.25, -0.2) is 4.98 Å². The van der Waals surface area contributed by atoms with Crippen LogP contribution in [-0.2, 0) is 18.3 Å². The summed E-state index contributed by atoms with van der Waals surface area (Å²) in [6.45, 7) is -0.318. The van der Waals surface area contributed by atoms with Gasteiger partial charge in [-0.2, -0.15) is 4.98 Å². The van der Waals surface area contributed by atoms with Crippen LogP contribution < -0.4 is 45.7 Å². The average molecular weight is 510 g/mol. The van der Waals surface area contributed by atoms with Crippen LogP contribution in [0.2, 0.25) is 5.02 Å². The number of anilines is 1. The molecule has 4 N–H and O–H groups in total. The van der Waals surface area contributed by atoms with Crippen LogP contribution in [0.5, 0.6) is 0 Å². The van der Waals surface area contributed by atoms with Gasteiger partial charge in [-0.15, -0.1) is 0 Å². The molecule has 2 fully saturated rings. The number of aromatic nitrogens is 4. The Labute approximate surface area is 211 Å². The summed E-state index contributed by atoms with van der Waals surface area (Å²) < 4.78 is 28.5. The first-order valence-electron chi connectivity index (χ1n) is 8.90. The fourth-order valence-corrected chi connectivity index (χ4v) is 5.42. The van der Waals surface area contributed by atoms with Gasteiger partial charge in [0.05, 0.1) is 6.61 Å². The summed E-state index contributed by atoms with van der Waals surface area (Å²) in [4.78, 5) is 35.7. The second kappa shape index (κ2) is 9.01. The molecule has 1 unspecified atom stereocenters. The third-order valence-corrected chi connectivity index (χ3v) is 6.97. The van der Waals surface area contributed by atoms with E-state index >= 15 is 0 Å². The van der Waals surface area contributed by atoms with Crippen LogP contribution in [0.15, 0.2) is 39.1 Å². The van der Waals surface area contributed by atoms with Crippen molar-refractivity contribution in [2.75, 3.05) is 12.3 Å². The topological polar surface area (TPSA) is 178 Å². The number of hydrogen-bond acceptors (Lipinski definition) is 11. The van der Waals surface area contributed by atoms with E-state index < -0.39 is 37.9 Å². The van der Waals surface area contributed by atoms with Gasteiger partial charge in [-0.3, -0.25) is 18.9 Å². The fourth-order valence-electron chi connectivity index (χ4n) is 3.43. The van der Waals surface area contributed by atoms with Gasteiger partial charge in [0, 0.05) is 9.92 Å². The zero-order chi connectivity index (χ0) is 21.9. The molecule has 5 rings (SSSR count). The molecule has 0 aliphatic carbocycles. The summed E-state index contributed by atoms with van der Waals surface area (Å²) in [6.07, 6.45) is -4.63. The van der Waals surface area contributed by atoms with Crippen molar-refractivity contribution in [1.29, 1.82) is 0 Å². The monoisotopic (exact) mass is 509 g/mol. The van der Waals surface area contributed by atoms with Crippen LogP contribution in [0.4, 0.5) is 5.95 Å². The van der Waals surface area contributed by atoms with Gasteiger partial charge < -0.3 is 29.5 Å². The molecule has 0 saturated carbocycles. The number of nitrogens with two attached hydrogens (primary N) is 1. The number of aliphatic hydroxyl groups is 1. The maximum atomic E-state index is 12.4. The molecule has 2 aliphatic heterocycles. The minimum absolute atomic E-state index is 0. The number of benzene rings is 1. The molecule has 16 heteroatoms. The second-order valence-electron chi connectivity index (χ2n) is 6.81. The number of phosphoric ester groups is 1. The number of halogens is 1. The van der Waals surface area contributed by atoms with Crippen molar-refractivity contribution in [3.05, 3.63) is 39.6 Å². The average Bonchev–Trinajstić information content (AvgIpc) is 3.20. The Morgan fingerprint density at radius 2 is 2.06 bits per heavy atom. The maximum Gasteiger partial charge on any atom is 1.00 e. The Bertz CT molecular complexity index is 1270. The molecule has 0 spiro atoms. The molecule has 3 aromatic rings. The van der Waals surface area contributed by atoms with Crippen molar-refractivity contribution >= 4 is 48.3 Å². The number of nitrogens with one attached hydrogen (secondary N) is 1. The second-order valence-corrected chi connectivity index (χ2v) is 9.65. The number of imidazole rings is 1. The van der Waals surface area contributed by atoms with E-state index in [0.29, 0.717) is 5.02 Å². The summed E-state index contributed by atoms with van der Waals surface area (Å²) in [5, 5.41) is 11.6. The molecule has 4 heterocycles. The molecule has 0 radical (unpaired) electrons. The molecule has 12 nitrogen and oxygen atoms in total. The van der Waals surface area contributed by atoms with Crippen molar-refractivity contribution in [2.45, 2.75) is 34.6 Å². The number of hydrogen-bond donors (Lipinski definition) is 3. The first-order valence-corrected chi connectivity index (χ1v) is 11.6. The first kappa shape index (κ1) is 24.2. The number of aliphatic hydroxyl groups excluding tert-OH is 1. The third-order valence-electron chi connectivity index (χ3n) is 4.77. The molecular formula is C16H14ClN5NaO7PS. The predicted octanol–water partition coefficient (Wildman–Crippen LogP) is -2.35. The molecule has 0 bridgehead atoms. The summed E-state index contributed by atoms with van der Waals surface area (Å²) in [5.41, 5.74) is 5.16. The van der Waals surface area contributed by atoms with Gasteiger partial charge in [0.15, 0.2) is 22.5 Å². The van der Waals surface area contributed by atoms with E-state index in [9.17, 15) is 19.4 Å². The number of nitrogens with zero attached hydrogens (tertiary/aromatic N) is 3. The molecule has 32 heavy (non-hydrogen) atoms. The SMILES string of the molecule is Nc1nc2c(nc(Sc3ccc(Cl)cc3)n2[C@@H]2O[C@@H]3COP(=O)([O-])O[C@H]3[C@H]2O)c(=O)[nH]1.[Na+]. The number of nitrogen functional groups attached to an aromatic ring is 1. The van der Waals surface area contributed by atoms with Crippen LogP contribution in [0.3, 0.4) is 0 Å². The normalized spacial score (nSPS) is 29.6. The van der Waals surface area contributed by atoms with Crippen molar-refractivity contribution < 1.29 is 57.9 Å². The minimum Gasteiger partial charge on any atom is -0.756 e. The van der Waals surface area contributed by atoms with E-state index in [2.05, 4.69) is 19.5 Å². The van der Waals surface area contributed by atoms with Gasteiger partial charge >= 0.3 is 29.6 Å². The fraction of sp³-hybridized carbons (Fsp3) is 0.312. The quantitative estimate of drug-likeness (QED) is 0.254. The van der Waals surface area contributed by atoms with Crippen molar-refractivity contribution in [3.63, 3.8) is 0 Å². The third kappa shape index (κ3) is 4.40. The zero-order valence-electron chi connectivity index (χ0n) is 16.4. The van der Waals surface area contributed by atoms with E-state index in [0.717, 1.165) is 4.90 Å². The Morgan fingerprint density at radius 3 is 2.78 bits per heavy atom. The smallest absolute Gasteiger partial charge is 0.756 e. The van der Waals surface area contributed by atoms with Gasteiger partial charge in [-0.1, -0.05) is 23.4 Å². The van der Waals surface area contributed by atoms with Crippen LogP contribution >= 0.6 is 31.2 Å². The molecular weight excluding hydrogens is 496 g/mol. The molecule has 1 aromatic carbocycles. The van der Waals surface area contributed by atoms with Gasteiger partial charge in [0.1, 0.15) is 18.3 Å². The molecule has 2 aromatic heterocycles. The van der Waals surface area contributed by atoms with Crippen molar-refractivity contribution in [3.8, 4) is 0 Å². The van der Waals surface area contributed by atoms with E-state index in [1.165, 1.54) is 16.3 Å². The standard InChI is InChI=1S/C16H15ClN5O7PS.Na/c17-6-1-3-7(4-2-6)31-16-19-9-12(20-15(18)21-13(9)24)22(16)14-10(23)11-8(28-14)5-27-30(25,26)29-11;/h1-4,8,10-11,14,23H,5H2,(H,25,26)(H3,18,20,21,24);/q;+1/p-1/t8-,10-,11-,14-;/m1./s1. The van der Waals surface area contributed by atoms with Crippen molar-refractivity contribution in [1.82, 2.24) is 19.5 Å². The number of aromatic amines is 1. The minimum atomic E-state index is -4.56. The summed E-state index contributed by atoms with van der Waals surface area (Å²) in [6, 6.07) is 6.87. The Morgan fingerprint density at radius 1 is 1.34 bits per heavy atom. The van der Waals surface area contributed by atoms with E-state index in [1.54, 1.807) is 24.3 Å². The molecule has 5 atom stereocenters. The summed E-state index contributed by atoms with van der Waals surface area (Å²) >= 11 is 7.10. The van der Waals surface area contributed by atoms with Crippen LogP contribution in [0.25, 0.3) is 11.2 Å². The number of ether oxygens (including phenoxy) is 1. The Hall–Kier alpha value is -0.960. The van der Waals surface area contributed by atoms with Crippen LogP contribution in [-0.4, -0.2) is 49.5 Å². The maximum absolute atomic E-state index is 12.4. The molecule has 164 valence electrons. The summed E-state index contributed by atoms with van der Waals surface area (Å²) in [7, 11) is -4.56. The van der Waals surface area contributed by atoms with Gasteiger partial charge in [-0.05, 0) is 24.3 Å². The van der Waals surface area contributed by atoms with E-state index in [4.69, 9.17) is 26.6 Å². The molecule has 0 amide bonds. The molecule has 2 aliphatic rings.